The summed E-state index contributed by atoms with van der Waals surface area (Å²) >= 11 is 6.58. The Kier molecular flexibility index (Phi) is 3.07. The summed E-state index contributed by atoms with van der Waals surface area (Å²) in [7, 11) is 0. The van der Waals surface area contributed by atoms with Crippen molar-refractivity contribution in [2.24, 2.45) is 0 Å². The molecule has 0 aliphatic heterocycles. The van der Waals surface area contributed by atoms with Crippen LogP contribution in [0.4, 0.5) is 4.39 Å². The van der Waals surface area contributed by atoms with Crippen molar-refractivity contribution < 1.29 is 4.39 Å². The molecule has 60 valence electrons. The quantitative estimate of drug-likeness (QED) is 0.730. The number of halogens is 3. The lowest BCUT2D eigenvalue weighted by molar-refractivity contribution is 0.482. The third kappa shape index (κ3) is 2.03. The Morgan fingerprint density at radius 2 is 1.73 bits per heavy atom. The predicted molar refractivity (Wildman–Crippen MR) is 51.4 cm³/mol. The van der Waals surface area contributed by atoms with Crippen LogP contribution in [-0.4, -0.2) is 0 Å². The molecule has 3 heteroatoms. The van der Waals surface area contributed by atoms with Gasteiger partial charge in [-0.1, -0.05) is 31.9 Å². The van der Waals surface area contributed by atoms with Gasteiger partial charge in [-0.2, -0.15) is 0 Å². The highest BCUT2D eigenvalue weighted by Crippen LogP contribution is 2.27. The van der Waals surface area contributed by atoms with Gasteiger partial charge in [0.2, 0.25) is 0 Å². The zero-order valence-corrected chi connectivity index (χ0v) is 9.17. The van der Waals surface area contributed by atoms with Crippen LogP contribution in [-0.2, 0) is 6.67 Å². The van der Waals surface area contributed by atoms with Crippen LogP contribution in [0.25, 0.3) is 0 Å². The summed E-state index contributed by atoms with van der Waals surface area (Å²) in [5.41, 5.74) is 1.79. The Morgan fingerprint density at radius 1 is 1.27 bits per heavy atom. The standard InChI is InChI=1S/C8H7Br2F/c1-5-2-7(9)6(4-11)8(10)3-5/h2-3H,4H2,1H3. The molecule has 0 aromatic heterocycles. The number of rotatable bonds is 1. The molecule has 0 amide bonds. The molecule has 0 aliphatic carbocycles. The van der Waals surface area contributed by atoms with E-state index in [0.717, 1.165) is 14.5 Å². The second kappa shape index (κ2) is 3.68. The zero-order chi connectivity index (χ0) is 8.43. The molecule has 0 N–H and O–H groups in total. The van der Waals surface area contributed by atoms with Gasteiger partial charge in [0.25, 0.3) is 0 Å². The Labute approximate surface area is 82.1 Å². The molecule has 0 nitrogen and oxygen atoms in total. The molecule has 1 aromatic rings. The Bertz CT molecular complexity index is 248. The van der Waals surface area contributed by atoms with Crippen molar-refractivity contribution in [3.05, 3.63) is 32.2 Å². The summed E-state index contributed by atoms with van der Waals surface area (Å²) in [5.74, 6) is 0. The highest BCUT2D eigenvalue weighted by Gasteiger charge is 2.04. The third-order valence-corrected chi connectivity index (χ3v) is 2.83. The first kappa shape index (κ1) is 9.20. The predicted octanol–water partition coefficient (Wildman–Crippen LogP) is 3.99. The maximum Gasteiger partial charge on any atom is 0.117 e. The Morgan fingerprint density at radius 3 is 2.09 bits per heavy atom. The normalized spacial score (nSPS) is 10.2. The second-order valence-corrected chi connectivity index (χ2v) is 4.05. The molecule has 0 unspecified atom stereocenters. The van der Waals surface area contributed by atoms with Gasteiger partial charge in [-0.3, -0.25) is 0 Å². The van der Waals surface area contributed by atoms with Gasteiger partial charge in [0, 0.05) is 14.5 Å². The lowest BCUT2D eigenvalue weighted by atomic mass is 10.2. The van der Waals surface area contributed by atoms with Crippen molar-refractivity contribution in [1.82, 2.24) is 0 Å². The minimum Gasteiger partial charge on any atom is -0.246 e. The molecule has 0 aliphatic rings. The van der Waals surface area contributed by atoms with Crippen molar-refractivity contribution in [3.63, 3.8) is 0 Å². The van der Waals surface area contributed by atoms with Gasteiger partial charge < -0.3 is 0 Å². The van der Waals surface area contributed by atoms with E-state index in [1.54, 1.807) is 0 Å². The first-order valence-corrected chi connectivity index (χ1v) is 4.74. The molecule has 11 heavy (non-hydrogen) atoms. The van der Waals surface area contributed by atoms with E-state index in [2.05, 4.69) is 31.9 Å². The van der Waals surface area contributed by atoms with Gasteiger partial charge in [-0.05, 0) is 24.6 Å². The van der Waals surface area contributed by atoms with Crippen molar-refractivity contribution in [1.29, 1.82) is 0 Å². The van der Waals surface area contributed by atoms with Crippen LogP contribution in [0.3, 0.4) is 0 Å². The summed E-state index contributed by atoms with van der Waals surface area (Å²) in [6.07, 6.45) is 0. The summed E-state index contributed by atoms with van der Waals surface area (Å²) in [5, 5.41) is 0. The molecule has 1 rings (SSSR count). The number of hydrogen-bond acceptors (Lipinski definition) is 0. The van der Waals surface area contributed by atoms with E-state index in [1.165, 1.54) is 0 Å². The SMILES string of the molecule is Cc1cc(Br)c(CF)c(Br)c1. The second-order valence-electron chi connectivity index (χ2n) is 2.34. The van der Waals surface area contributed by atoms with Crippen LogP contribution in [0.15, 0.2) is 21.1 Å². The molecule has 0 fully saturated rings. The van der Waals surface area contributed by atoms with Gasteiger partial charge in [-0.25, -0.2) is 4.39 Å². The molecular weight excluding hydrogens is 275 g/mol. The number of alkyl halides is 1. The molecule has 0 spiro atoms. The van der Waals surface area contributed by atoms with Crippen molar-refractivity contribution in [2.45, 2.75) is 13.6 Å². The van der Waals surface area contributed by atoms with Crippen LogP contribution in [0.5, 0.6) is 0 Å². The van der Waals surface area contributed by atoms with Crippen molar-refractivity contribution in [2.75, 3.05) is 0 Å². The van der Waals surface area contributed by atoms with E-state index in [-0.39, 0.29) is 0 Å². The largest absolute Gasteiger partial charge is 0.246 e. The maximum absolute atomic E-state index is 12.3. The average molecular weight is 282 g/mol. The topological polar surface area (TPSA) is 0 Å². The zero-order valence-electron chi connectivity index (χ0n) is 6.00. The molecule has 0 saturated carbocycles. The highest BCUT2D eigenvalue weighted by molar-refractivity contribution is 9.11. The van der Waals surface area contributed by atoms with Crippen LogP contribution < -0.4 is 0 Å². The van der Waals surface area contributed by atoms with Crippen LogP contribution >= 0.6 is 31.9 Å². The van der Waals surface area contributed by atoms with E-state index in [9.17, 15) is 4.39 Å². The smallest absolute Gasteiger partial charge is 0.117 e. The maximum atomic E-state index is 12.3. The van der Waals surface area contributed by atoms with E-state index in [1.807, 2.05) is 19.1 Å². The number of benzene rings is 1. The molecule has 0 atom stereocenters. The first-order chi connectivity index (χ1) is 5.15. The fourth-order valence-electron chi connectivity index (χ4n) is 0.857. The Hall–Kier alpha value is 0.110. The first-order valence-electron chi connectivity index (χ1n) is 3.15. The summed E-state index contributed by atoms with van der Waals surface area (Å²) < 4.78 is 14.0. The Balaban J connectivity index is 3.25. The van der Waals surface area contributed by atoms with Crippen LogP contribution in [0.1, 0.15) is 11.1 Å². The van der Waals surface area contributed by atoms with E-state index in [4.69, 9.17) is 0 Å². The molecule has 0 saturated heterocycles. The van der Waals surface area contributed by atoms with Gasteiger partial charge >= 0.3 is 0 Å². The summed E-state index contributed by atoms with van der Waals surface area (Å²) in [6.45, 7) is 1.53. The summed E-state index contributed by atoms with van der Waals surface area (Å²) in [4.78, 5) is 0. The third-order valence-electron chi connectivity index (χ3n) is 1.42. The van der Waals surface area contributed by atoms with Crippen LogP contribution in [0, 0.1) is 6.92 Å². The van der Waals surface area contributed by atoms with Crippen molar-refractivity contribution >= 4 is 31.9 Å². The minimum absolute atomic E-state index is 0.443. The lowest BCUT2D eigenvalue weighted by Crippen LogP contribution is -1.85. The number of hydrogen-bond donors (Lipinski definition) is 0. The highest BCUT2D eigenvalue weighted by atomic mass is 79.9. The molecule has 0 bridgehead atoms. The fourth-order valence-corrected chi connectivity index (χ4v) is 2.48. The van der Waals surface area contributed by atoms with Gasteiger partial charge in [0.05, 0.1) is 0 Å². The lowest BCUT2D eigenvalue weighted by Gasteiger charge is -2.03. The van der Waals surface area contributed by atoms with Gasteiger partial charge in [-0.15, -0.1) is 0 Å². The molecule has 0 radical (unpaired) electrons. The molecule has 1 aromatic carbocycles. The minimum atomic E-state index is -0.443. The summed E-state index contributed by atoms with van der Waals surface area (Å²) in [6, 6.07) is 3.80. The van der Waals surface area contributed by atoms with Crippen LogP contribution in [0.2, 0.25) is 0 Å². The molecular formula is C8H7Br2F. The van der Waals surface area contributed by atoms with Gasteiger partial charge in [0.1, 0.15) is 6.67 Å². The van der Waals surface area contributed by atoms with Gasteiger partial charge in [0.15, 0.2) is 0 Å². The van der Waals surface area contributed by atoms with E-state index < -0.39 is 6.67 Å². The molecule has 0 heterocycles. The van der Waals surface area contributed by atoms with E-state index in [0.29, 0.717) is 5.56 Å². The average Bonchev–Trinajstić information content (AvgIpc) is 1.85. The van der Waals surface area contributed by atoms with E-state index >= 15 is 0 Å². The van der Waals surface area contributed by atoms with Crippen molar-refractivity contribution in [3.8, 4) is 0 Å². The fraction of sp³-hybridized carbons (Fsp3) is 0.250. The monoisotopic (exact) mass is 280 g/mol. The number of aryl methyl sites for hydroxylation is 1.